The van der Waals surface area contributed by atoms with Crippen LogP contribution in [0.25, 0.3) is 0 Å². The third-order valence-electron chi connectivity index (χ3n) is 3.79. The minimum atomic E-state index is 0.111. The summed E-state index contributed by atoms with van der Waals surface area (Å²) >= 11 is 4.71. The number of thiocarbonyl (C=S) groups is 1. The van der Waals surface area contributed by atoms with E-state index in [2.05, 4.69) is 5.32 Å². The van der Waals surface area contributed by atoms with Crippen molar-refractivity contribution in [3.05, 3.63) is 0 Å². The molecule has 2 bridgehead atoms. The Bertz CT molecular complexity index is 280. The van der Waals surface area contributed by atoms with Gasteiger partial charge in [-0.1, -0.05) is 18.6 Å². The van der Waals surface area contributed by atoms with Crippen LogP contribution in [0.1, 0.15) is 32.1 Å². The van der Waals surface area contributed by atoms with Crippen molar-refractivity contribution in [3.8, 4) is 0 Å². The third kappa shape index (κ3) is 2.68. The topological polar surface area (TPSA) is 55.1 Å². The summed E-state index contributed by atoms with van der Waals surface area (Å²) in [6.07, 6.45) is 6.00. The number of hydrogen-bond acceptors (Lipinski definition) is 2. The second-order valence-electron chi connectivity index (χ2n) is 4.88. The largest absolute Gasteiger partial charge is 0.392 e. The van der Waals surface area contributed by atoms with E-state index in [9.17, 15) is 4.79 Å². The SMILES string of the molecule is NC(=S)CNC(=O)CC1CC2CCC1C2. The van der Waals surface area contributed by atoms with Gasteiger partial charge < -0.3 is 11.1 Å². The van der Waals surface area contributed by atoms with E-state index < -0.39 is 0 Å². The highest BCUT2D eigenvalue weighted by molar-refractivity contribution is 7.80. The molecule has 2 aliphatic carbocycles. The van der Waals surface area contributed by atoms with Crippen molar-refractivity contribution in [1.29, 1.82) is 0 Å². The molecule has 3 N–H and O–H groups in total. The molecule has 2 saturated carbocycles. The van der Waals surface area contributed by atoms with E-state index in [1.807, 2.05) is 0 Å². The van der Waals surface area contributed by atoms with Gasteiger partial charge in [-0.25, -0.2) is 0 Å². The van der Waals surface area contributed by atoms with Crippen LogP contribution < -0.4 is 11.1 Å². The lowest BCUT2D eigenvalue weighted by molar-refractivity contribution is -0.122. The molecule has 3 atom stereocenters. The van der Waals surface area contributed by atoms with E-state index in [0.29, 0.717) is 23.9 Å². The molecule has 2 aliphatic rings. The maximum absolute atomic E-state index is 11.6. The van der Waals surface area contributed by atoms with Gasteiger partial charge in [-0.2, -0.15) is 0 Å². The molecule has 4 heteroatoms. The molecule has 3 nitrogen and oxygen atoms in total. The Kier molecular flexibility index (Phi) is 3.24. The van der Waals surface area contributed by atoms with E-state index in [1.165, 1.54) is 25.7 Å². The Morgan fingerprint density at radius 2 is 2.20 bits per heavy atom. The summed E-state index contributed by atoms with van der Waals surface area (Å²) in [5.74, 6) is 2.45. The first-order valence-electron chi connectivity index (χ1n) is 5.70. The van der Waals surface area contributed by atoms with E-state index in [1.54, 1.807) is 0 Å². The van der Waals surface area contributed by atoms with Gasteiger partial charge in [0.15, 0.2) is 0 Å². The Labute approximate surface area is 95.8 Å². The quantitative estimate of drug-likeness (QED) is 0.709. The first-order valence-corrected chi connectivity index (χ1v) is 6.11. The van der Waals surface area contributed by atoms with Gasteiger partial charge in [-0.15, -0.1) is 0 Å². The van der Waals surface area contributed by atoms with Crippen molar-refractivity contribution in [2.24, 2.45) is 23.5 Å². The standard InChI is InChI=1S/C11H18N2OS/c12-10(15)6-13-11(14)5-9-4-7-1-2-8(9)3-7/h7-9H,1-6H2,(H2,12,15)(H,13,14). The van der Waals surface area contributed by atoms with Gasteiger partial charge >= 0.3 is 0 Å². The van der Waals surface area contributed by atoms with Crippen molar-refractivity contribution in [2.45, 2.75) is 32.1 Å². The van der Waals surface area contributed by atoms with E-state index in [4.69, 9.17) is 18.0 Å². The van der Waals surface area contributed by atoms with E-state index in [0.717, 1.165) is 11.8 Å². The monoisotopic (exact) mass is 226 g/mol. The Hall–Kier alpha value is -0.640. The molecule has 1 amide bonds. The van der Waals surface area contributed by atoms with Crippen molar-refractivity contribution in [2.75, 3.05) is 6.54 Å². The molecular weight excluding hydrogens is 208 g/mol. The van der Waals surface area contributed by atoms with Crippen LogP contribution in [0.3, 0.4) is 0 Å². The maximum Gasteiger partial charge on any atom is 0.220 e. The lowest BCUT2D eigenvalue weighted by atomic mass is 9.86. The molecule has 0 aromatic carbocycles. The van der Waals surface area contributed by atoms with Crippen molar-refractivity contribution in [3.63, 3.8) is 0 Å². The zero-order chi connectivity index (χ0) is 10.8. The smallest absolute Gasteiger partial charge is 0.220 e. The van der Waals surface area contributed by atoms with Gasteiger partial charge in [0.25, 0.3) is 0 Å². The zero-order valence-corrected chi connectivity index (χ0v) is 9.69. The predicted molar refractivity (Wildman–Crippen MR) is 63.4 cm³/mol. The highest BCUT2D eigenvalue weighted by Gasteiger charge is 2.39. The Balaban J connectivity index is 1.73. The zero-order valence-electron chi connectivity index (χ0n) is 8.87. The van der Waals surface area contributed by atoms with Gasteiger partial charge in [-0.3, -0.25) is 4.79 Å². The molecular formula is C11H18N2OS. The molecule has 2 rings (SSSR count). The second-order valence-corrected chi connectivity index (χ2v) is 5.41. The molecule has 3 unspecified atom stereocenters. The minimum Gasteiger partial charge on any atom is -0.392 e. The number of amides is 1. The summed E-state index contributed by atoms with van der Waals surface area (Å²) in [4.78, 5) is 11.9. The van der Waals surface area contributed by atoms with Crippen LogP contribution in [0.4, 0.5) is 0 Å². The number of carbonyl (C=O) groups excluding carboxylic acids is 1. The fraction of sp³-hybridized carbons (Fsp3) is 0.818. The van der Waals surface area contributed by atoms with Gasteiger partial charge in [-0.05, 0) is 37.0 Å². The molecule has 84 valence electrons. The highest BCUT2D eigenvalue weighted by Crippen LogP contribution is 2.49. The molecule has 0 spiro atoms. The predicted octanol–water partition coefficient (Wildman–Crippen LogP) is 1.21. The summed E-state index contributed by atoms with van der Waals surface area (Å²) in [7, 11) is 0. The van der Waals surface area contributed by atoms with Crippen LogP contribution in [0.15, 0.2) is 0 Å². The lowest BCUT2D eigenvalue weighted by Gasteiger charge is -2.20. The molecule has 0 aromatic heterocycles. The fourth-order valence-electron chi connectivity index (χ4n) is 3.12. The molecule has 0 aromatic rings. The number of nitrogens with one attached hydrogen (secondary N) is 1. The van der Waals surface area contributed by atoms with Crippen LogP contribution >= 0.6 is 12.2 Å². The van der Waals surface area contributed by atoms with Crippen molar-refractivity contribution >= 4 is 23.1 Å². The minimum absolute atomic E-state index is 0.111. The summed E-state index contributed by atoms with van der Waals surface area (Å²) in [6, 6.07) is 0. The van der Waals surface area contributed by atoms with E-state index >= 15 is 0 Å². The van der Waals surface area contributed by atoms with Gasteiger partial charge in [0, 0.05) is 6.42 Å². The Morgan fingerprint density at radius 3 is 2.73 bits per heavy atom. The Morgan fingerprint density at radius 1 is 1.40 bits per heavy atom. The van der Waals surface area contributed by atoms with E-state index in [-0.39, 0.29) is 5.91 Å². The third-order valence-corrected chi connectivity index (χ3v) is 3.94. The first-order chi connectivity index (χ1) is 7.15. The van der Waals surface area contributed by atoms with Gasteiger partial charge in [0.05, 0.1) is 11.5 Å². The summed E-state index contributed by atoms with van der Waals surface area (Å²) in [6.45, 7) is 0.342. The number of nitrogens with two attached hydrogens (primary N) is 1. The number of carbonyl (C=O) groups is 1. The normalized spacial score (nSPS) is 32.9. The molecule has 0 aliphatic heterocycles. The van der Waals surface area contributed by atoms with Crippen LogP contribution in [0.2, 0.25) is 0 Å². The summed E-state index contributed by atoms with van der Waals surface area (Å²) < 4.78 is 0. The molecule has 2 fully saturated rings. The lowest BCUT2D eigenvalue weighted by Crippen LogP contribution is -2.33. The maximum atomic E-state index is 11.6. The van der Waals surface area contributed by atoms with Crippen LogP contribution in [-0.2, 0) is 4.79 Å². The molecule has 15 heavy (non-hydrogen) atoms. The number of hydrogen-bond donors (Lipinski definition) is 2. The van der Waals surface area contributed by atoms with Gasteiger partial charge in [0.2, 0.25) is 5.91 Å². The summed E-state index contributed by atoms with van der Waals surface area (Å²) in [5.41, 5.74) is 5.33. The second kappa shape index (κ2) is 4.47. The van der Waals surface area contributed by atoms with Crippen molar-refractivity contribution in [1.82, 2.24) is 5.32 Å². The van der Waals surface area contributed by atoms with Crippen LogP contribution in [-0.4, -0.2) is 17.4 Å². The average Bonchev–Trinajstić information content (AvgIpc) is 2.76. The van der Waals surface area contributed by atoms with Crippen LogP contribution in [0, 0.1) is 17.8 Å². The number of fused-ring (bicyclic) bond motifs is 2. The molecule has 0 saturated heterocycles. The summed E-state index contributed by atoms with van der Waals surface area (Å²) in [5, 5.41) is 2.76. The fourth-order valence-corrected chi connectivity index (χ4v) is 3.19. The first kappa shape index (κ1) is 10.9. The molecule has 0 heterocycles. The highest BCUT2D eigenvalue weighted by atomic mass is 32.1. The van der Waals surface area contributed by atoms with Gasteiger partial charge in [0.1, 0.15) is 0 Å². The molecule has 0 radical (unpaired) electrons. The van der Waals surface area contributed by atoms with Crippen molar-refractivity contribution < 1.29 is 4.79 Å². The average molecular weight is 226 g/mol. The van der Waals surface area contributed by atoms with Crippen LogP contribution in [0.5, 0.6) is 0 Å². The number of rotatable bonds is 4.